The molecule has 2 rings (SSSR count). The standard InChI is InChI=1S/C12H17NO5S/c1-17-6-4-12(14)13-7-11(8-13)19(15,16)9-10-3-2-5-18-10/h2-3,5,11H,4,6-9H2,1H3. The quantitative estimate of drug-likeness (QED) is 0.759. The third-order valence-corrected chi connectivity index (χ3v) is 5.15. The molecule has 1 aliphatic heterocycles. The van der Waals surface area contributed by atoms with Gasteiger partial charge >= 0.3 is 0 Å². The maximum Gasteiger partial charge on any atom is 0.224 e. The number of furan rings is 1. The van der Waals surface area contributed by atoms with Crippen LogP contribution in [0.1, 0.15) is 12.2 Å². The first-order chi connectivity index (χ1) is 9.03. The van der Waals surface area contributed by atoms with Gasteiger partial charge in [0.15, 0.2) is 9.84 Å². The van der Waals surface area contributed by atoms with Gasteiger partial charge in [-0.3, -0.25) is 4.79 Å². The lowest BCUT2D eigenvalue weighted by Crippen LogP contribution is -2.57. The Labute approximate surface area is 112 Å². The molecule has 0 spiro atoms. The van der Waals surface area contributed by atoms with E-state index in [4.69, 9.17) is 9.15 Å². The third kappa shape index (κ3) is 3.36. The van der Waals surface area contributed by atoms with Crippen LogP contribution in [-0.4, -0.2) is 51.3 Å². The number of rotatable bonds is 6. The van der Waals surface area contributed by atoms with Crippen LogP contribution in [0.15, 0.2) is 22.8 Å². The van der Waals surface area contributed by atoms with Gasteiger partial charge in [0.2, 0.25) is 5.91 Å². The molecule has 106 valence electrons. The highest BCUT2D eigenvalue weighted by Gasteiger charge is 2.39. The number of nitrogens with zero attached hydrogens (tertiary/aromatic N) is 1. The first-order valence-electron chi connectivity index (χ1n) is 6.03. The van der Waals surface area contributed by atoms with E-state index < -0.39 is 15.1 Å². The Morgan fingerprint density at radius 2 is 2.26 bits per heavy atom. The van der Waals surface area contributed by atoms with Crippen LogP contribution in [0, 0.1) is 0 Å². The monoisotopic (exact) mass is 287 g/mol. The van der Waals surface area contributed by atoms with Crippen molar-refractivity contribution in [3.8, 4) is 0 Å². The minimum atomic E-state index is -3.25. The molecule has 19 heavy (non-hydrogen) atoms. The molecule has 1 aromatic rings. The van der Waals surface area contributed by atoms with Crippen molar-refractivity contribution < 1.29 is 22.4 Å². The average Bonchev–Trinajstić information content (AvgIpc) is 2.75. The number of methoxy groups -OCH3 is 1. The molecule has 0 saturated carbocycles. The van der Waals surface area contributed by atoms with Crippen molar-refractivity contribution in [1.82, 2.24) is 4.90 Å². The molecule has 1 saturated heterocycles. The summed E-state index contributed by atoms with van der Waals surface area (Å²) in [5, 5.41) is -0.482. The largest absolute Gasteiger partial charge is 0.468 e. The number of amides is 1. The molecule has 2 heterocycles. The fourth-order valence-electron chi connectivity index (χ4n) is 1.93. The predicted molar refractivity (Wildman–Crippen MR) is 68.2 cm³/mol. The molecule has 1 aliphatic rings. The van der Waals surface area contributed by atoms with E-state index in [1.807, 2.05) is 0 Å². The second-order valence-electron chi connectivity index (χ2n) is 4.55. The van der Waals surface area contributed by atoms with Gasteiger partial charge in [-0.25, -0.2) is 8.42 Å². The Morgan fingerprint density at radius 1 is 1.53 bits per heavy atom. The van der Waals surface area contributed by atoms with Crippen LogP contribution in [0.2, 0.25) is 0 Å². The van der Waals surface area contributed by atoms with Crippen molar-refractivity contribution in [3.63, 3.8) is 0 Å². The van der Waals surface area contributed by atoms with Crippen LogP contribution in [0.3, 0.4) is 0 Å². The van der Waals surface area contributed by atoms with Crippen molar-refractivity contribution in [1.29, 1.82) is 0 Å². The summed E-state index contributed by atoms with van der Waals surface area (Å²) >= 11 is 0. The highest BCUT2D eigenvalue weighted by molar-refractivity contribution is 7.91. The van der Waals surface area contributed by atoms with Gasteiger partial charge in [-0.15, -0.1) is 0 Å². The normalized spacial score (nSPS) is 16.4. The maximum absolute atomic E-state index is 12.0. The smallest absolute Gasteiger partial charge is 0.224 e. The van der Waals surface area contributed by atoms with E-state index in [0.717, 1.165) is 0 Å². The van der Waals surface area contributed by atoms with Crippen LogP contribution < -0.4 is 0 Å². The molecular weight excluding hydrogens is 270 g/mol. The summed E-state index contributed by atoms with van der Waals surface area (Å²) in [6.07, 6.45) is 1.74. The predicted octanol–water partition coefficient (Wildman–Crippen LogP) is 0.442. The number of carbonyl (C=O) groups is 1. The van der Waals surface area contributed by atoms with E-state index in [9.17, 15) is 13.2 Å². The Kier molecular flexibility index (Phi) is 4.26. The van der Waals surface area contributed by atoms with Crippen molar-refractivity contribution >= 4 is 15.7 Å². The van der Waals surface area contributed by atoms with Crippen molar-refractivity contribution in [2.45, 2.75) is 17.4 Å². The van der Waals surface area contributed by atoms with Crippen molar-refractivity contribution in [2.75, 3.05) is 26.8 Å². The first kappa shape index (κ1) is 14.1. The number of likely N-dealkylation sites (tertiary alicyclic amines) is 1. The van der Waals surface area contributed by atoms with E-state index in [1.165, 1.54) is 13.4 Å². The molecule has 0 bridgehead atoms. The fourth-order valence-corrected chi connectivity index (χ4v) is 3.54. The molecule has 6 nitrogen and oxygen atoms in total. The fraction of sp³-hybridized carbons (Fsp3) is 0.583. The molecule has 0 aromatic carbocycles. The topological polar surface area (TPSA) is 76.8 Å². The molecule has 0 aliphatic carbocycles. The molecule has 1 fully saturated rings. The molecule has 0 atom stereocenters. The Morgan fingerprint density at radius 3 is 2.84 bits per heavy atom. The lowest BCUT2D eigenvalue weighted by molar-refractivity contribution is -0.135. The molecule has 0 N–H and O–H groups in total. The number of hydrogen-bond acceptors (Lipinski definition) is 5. The summed E-state index contributed by atoms with van der Waals surface area (Å²) < 4.78 is 33.9. The molecule has 7 heteroatoms. The van der Waals surface area contributed by atoms with Crippen molar-refractivity contribution in [3.05, 3.63) is 24.2 Å². The van der Waals surface area contributed by atoms with E-state index in [0.29, 0.717) is 18.8 Å². The van der Waals surface area contributed by atoms with E-state index >= 15 is 0 Å². The number of carbonyl (C=O) groups excluding carboxylic acids is 1. The van der Waals surface area contributed by atoms with Gasteiger partial charge in [0.25, 0.3) is 0 Å². The second kappa shape index (κ2) is 5.75. The zero-order valence-corrected chi connectivity index (χ0v) is 11.6. The molecule has 0 radical (unpaired) electrons. The zero-order valence-electron chi connectivity index (χ0n) is 10.7. The number of sulfone groups is 1. The van der Waals surface area contributed by atoms with Gasteiger partial charge in [-0.05, 0) is 12.1 Å². The third-order valence-electron chi connectivity index (χ3n) is 3.15. The van der Waals surface area contributed by atoms with Gasteiger partial charge < -0.3 is 14.1 Å². The Hall–Kier alpha value is -1.34. The van der Waals surface area contributed by atoms with Crippen LogP contribution in [-0.2, 0) is 25.1 Å². The SMILES string of the molecule is COCCC(=O)N1CC(S(=O)(=O)Cc2ccco2)C1. The highest BCUT2D eigenvalue weighted by atomic mass is 32.2. The highest BCUT2D eigenvalue weighted by Crippen LogP contribution is 2.21. The minimum Gasteiger partial charge on any atom is -0.468 e. The number of ether oxygens (including phenoxy) is 1. The summed E-state index contributed by atoms with van der Waals surface area (Å²) in [6, 6.07) is 3.30. The van der Waals surface area contributed by atoms with Gasteiger partial charge in [0, 0.05) is 20.2 Å². The summed E-state index contributed by atoms with van der Waals surface area (Å²) in [7, 11) is -1.72. The van der Waals surface area contributed by atoms with E-state index in [1.54, 1.807) is 17.0 Å². The van der Waals surface area contributed by atoms with Gasteiger partial charge in [0.1, 0.15) is 11.5 Å². The minimum absolute atomic E-state index is 0.0636. The lowest BCUT2D eigenvalue weighted by Gasteiger charge is -2.38. The van der Waals surface area contributed by atoms with Crippen molar-refractivity contribution in [2.24, 2.45) is 0 Å². The molecule has 0 unspecified atom stereocenters. The molecular formula is C12H17NO5S. The van der Waals surface area contributed by atoms with Gasteiger partial charge in [0.05, 0.1) is 24.5 Å². The second-order valence-corrected chi connectivity index (χ2v) is 6.83. The van der Waals surface area contributed by atoms with Crippen LogP contribution in [0.25, 0.3) is 0 Å². The van der Waals surface area contributed by atoms with Gasteiger partial charge in [-0.2, -0.15) is 0 Å². The number of hydrogen-bond donors (Lipinski definition) is 0. The first-order valence-corrected chi connectivity index (χ1v) is 7.75. The van der Waals surface area contributed by atoms with E-state index in [-0.39, 0.29) is 24.7 Å². The maximum atomic E-state index is 12.0. The average molecular weight is 287 g/mol. The summed E-state index contributed by atoms with van der Waals surface area (Å²) in [6.45, 7) is 0.899. The van der Waals surface area contributed by atoms with Crippen LogP contribution >= 0.6 is 0 Å². The summed E-state index contributed by atoms with van der Waals surface area (Å²) in [5.74, 6) is 0.264. The summed E-state index contributed by atoms with van der Waals surface area (Å²) in [4.78, 5) is 13.2. The summed E-state index contributed by atoms with van der Waals surface area (Å²) in [5.41, 5.74) is 0. The zero-order chi connectivity index (χ0) is 13.9. The Bertz CT molecular complexity index is 516. The van der Waals surface area contributed by atoms with Crippen LogP contribution in [0.5, 0.6) is 0 Å². The van der Waals surface area contributed by atoms with Crippen LogP contribution in [0.4, 0.5) is 0 Å². The molecule has 1 amide bonds. The Balaban J connectivity index is 1.84. The van der Waals surface area contributed by atoms with E-state index in [2.05, 4.69) is 0 Å². The lowest BCUT2D eigenvalue weighted by atomic mass is 10.2. The van der Waals surface area contributed by atoms with Gasteiger partial charge in [-0.1, -0.05) is 0 Å². The molecule has 1 aromatic heterocycles.